The average molecular weight is 296 g/mol. The Hall–Kier alpha value is -1.27. The monoisotopic (exact) mass is 295 g/mol. The van der Waals surface area contributed by atoms with Crippen molar-refractivity contribution in [3.05, 3.63) is 40.1 Å². The number of hydrogen-bond acceptors (Lipinski definition) is 4. The molecule has 2 aromatic rings. The molecule has 0 spiro atoms. The molecule has 1 aromatic heterocycles. The summed E-state index contributed by atoms with van der Waals surface area (Å²) in [5.41, 5.74) is 1.18. The highest BCUT2D eigenvalue weighted by Crippen LogP contribution is 2.20. The van der Waals surface area contributed by atoms with E-state index in [1.54, 1.807) is 0 Å². The molecular weight excluding hydrogens is 282 g/mol. The van der Waals surface area contributed by atoms with E-state index in [4.69, 9.17) is 0 Å². The van der Waals surface area contributed by atoms with E-state index in [0.29, 0.717) is 6.54 Å². The number of halogens is 1. The molecule has 0 amide bonds. The van der Waals surface area contributed by atoms with E-state index in [0.717, 1.165) is 10.3 Å². The van der Waals surface area contributed by atoms with Crippen LogP contribution >= 0.6 is 15.9 Å². The van der Waals surface area contributed by atoms with E-state index in [9.17, 15) is 0 Å². The number of aromatic nitrogens is 4. The molecule has 1 unspecified atom stereocenters. The van der Waals surface area contributed by atoms with Crippen molar-refractivity contribution in [1.29, 1.82) is 0 Å². The molecular formula is C11H14BrN5. The van der Waals surface area contributed by atoms with Crippen LogP contribution in [0, 0.1) is 0 Å². The number of nitrogens with one attached hydrogen (secondary N) is 1. The Kier molecular flexibility index (Phi) is 3.86. The van der Waals surface area contributed by atoms with Gasteiger partial charge in [-0.1, -0.05) is 28.1 Å². The second kappa shape index (κ2) is 5.37. The van der Waals surface area contributed by atoms with E-state index in [1.807, 2.05) is 23.9 Å². The number of benzene rings is 1. The van der Waals surface area contributed by atoms with E-state index in [1.165, 1.54) is 5.56 Å². The van der Waals surface area contributed by atoms with E-state index < -0.39 is 0 Å². The number of hydrogen-bond donors (Lipinski definition) is 1. The molecule has 6 heteroatoms. The first-order chi connectivity index (χ1) is 8.22. The normalized spacial score (nSPS) is 12.6. The summed E-state index contributed by atoms with van der Waals surface area (Å²) in [6.45, 7) is 2.74. The van der Waals surface area contributed by atoms with Crippen molar-refractivity contribution in [1.82, 2.24) is 25.5 Å². The summed E-state index contributed by atoms with van der Waals surface area (Å²) in [5, 5.41) is 14.8. The second-order valence-electron chi connectivity index (χ2n) is 3.80. The molecule has 2 rings (SSSR count). The maximum atomic E-state index is 4.04. The molecule has 5 nitrogen and oxygen atoms in total. The molecule has 0 saturated heterocycles. The van der Waals surface area contributed by atoms with Crippen molar-refractivity contribution in [2.45, 2.75) is 19.5 Å². The zero-order valence-electron chi connectivity index (χ0n) is 9.76. The van der Waals surface area contributed by atoms with Crippen LogP contribution in [0.5, 0.6) is 0 Å². The van der Waals surface area contributed by atoms with Gasteiger partial charge in [0, 0.05) is 4.47 Å². The zero-order valence-corrected chi connectivity index (χ0v) is 11.3. The van der Waals surface area contributed by atoms with Crippen LogP contribution in [0.4, 0.5) is 0 Å². The molecule has 0 aliphatic carbocycles. The minimum absolute atomic E-state index is 0.126. The van der Waals surface area contributed by atoms with Gasteiger partial charge in [-0.05, 0) is 42.1 Å². The zero-order chi connectivity index (χ0) is 12.3. The molecule has 0 aliphatic rings. The summed E-state index contributed by atoms with van der Waals surface area (Å²) in [6, 6.07) is 8.31. The van der Waals surface area contributed by atoms with Crippen LogP contribution in [-0.2, 0) is 6.54 Å². The van der Waals surface area contributed by atoms with Gasteiger partial charge in [-0.3, -0.25) is 0 Å². The second-order valence-corrected chi connectivity index (χ2v) is 4.71. The molecule has 1 N–H and O–H groups in total. The van der Waals surface area contributed by atoms with Crippen molar-refractivity contribution in [3.63, 3.8) is 0 Å². The Morgan fingerprint density at radius 2 is 2.06 bits per heavy atom. The lowest BCUT2D eigenvalue weighted by Crippen LogP contribution is -2.17. The number of tetrazole rings is 1. The summed E-state index contributed by atoms with van der Waals surface area (Å²) in [6.07, 6.45) is 0. The summed E-state index contributed by atoms with van der Waals surface area (Å²) in [7, 11) is 1.88. The third kappa shape index (κ3) is 2.70. The first-order valence-corrected chi connectivity index (χ1v) is 6.18. The van der Waals surface area contributed by atoms with Crippen molar-refractivity contribution in [3.8, 4) is 0 Å². The Bertz CT molecular complexity index is 479. The Morgan fingerprint density at radius 1 is 1.35 bits per heavy atom. The average Bonchev–Trinajstić information content (AvgIpc) is 2.78. The predicted octanol–water partition coefficient (Wildman–Crippen LogP) is 1.76. The minimum Gasteiger partial charge on any atom is -0.313 e. The van der Waals surface area contributed by atoms with Crippen LogP contribution in [0.25, 0.3) is 0 Å². The minimum atomic E-state index is 0.126. The van der Waals surface area contributed by atoms with E-state index in [-0.39, 0.29) is 6.04 Å². The van der Waals surface area contributed by atoms with Crippen LogP contribution in [0.3, 0.4) is 0 Å². The lowest BCUT2D eigenvalue weighted by molar-refractivity contribution is 0.512. The molecule has 1 aromatic carbocycles. The maximum Gasteiger partial charge on any atom is 0.165 e. The van der Waals surface area contributed by atoms with Crippen molar-refractivity contribution < 1.29 is 0 Å². The molecule has 1 atom stereocenters. The number of rotatable bonds is 4. The number of nitrogens with zero attached hydrogens (tertiary/aromatic N) is 4. The van der Waals surface area contributed by atoms with E-state index >= 15 is 0 Å². The van der Waals surface area contributed by atoms with E-state index in [2.05, 4.69) is 55.8 Å². The van der Waals surface area contributed by atoms with Gasteiger partial charge in [0.1, 0.15) is 0 Å². The van der Waals surface area contributed by atoms with Gasteiger partial charge in [0.15, 0.2) is 5.82 Å². The summed E-state index contributed by atoms with van der Waals surface area (Å²) in [5.74, 6) is 0.836. The molecule has 1 heterocycles. The van der Waals surface area contributed by atoms with Crippen molar-refractivity contribution in [2.75, 3.05) is 7.05 Å². The van der Waals surface area contributed by atoms with Gasteiger partial charge in [-0.2, -0.15) is 0 Å². The first-order valence-electron chi connectivity index (χ1n) is 5.39. The first kappa shape index (κ1) is 12.2. The highest BCUT2D eigenvalue weighted by molar-refractivity contribution is 9.10. The van der Waals surface area contributed by atoms with Gasteiger partial charge in [-0.25, -0.2) is 4.68 Å². The molecule has 0 radical (unpaired) electrons. The Morgan fingerprint density at radius 3 is 2.71 bits per heavy atom. The largest absolute Gasteiger partial charge is 0.313 e. The lowest BCUT2D eigenvalue weighted by atomic mass is 10.1. The molecule has 0 fully saturated rings. The van der Waals surface area contributed by atoms with Gasteiger partial charge in [0.2, 0.25) is 0 Å². The predicted molar refractivity (Wildman–Crippen MR) is 68.5 cm³/mol. The van der Waals surface area contributed by atoms with Crippen molar-refractivity contribution in [2.24, 2.45) is 0 Å². The summed E-state index contributed by atoms with van der Waals surface area (Å²) in [4.78, 5) is 0. The smallest absolute Gasteiger partial charge is 0.165 e. The van der Waals surface area contributed by atoms with Gasteiger partial charge in [-0.15, -0.1) is 5.10 Å². The fraction of sp³-hybridized carbons (Fsp3) is 0.364. The lowest BCUT2D eigenvalue weighted by Gasteiger charge is -2.13. The molecule has 90 valence electrons. The summed E-state index contributed by atoms with van der Waals surface area (Å²) < 4.78 is 2.90. The standard InChI is InChI=1S/C11H14BrN5/c1-8(9-3-5-10(12)6-4-9)17-11(7-13-2)14-15-16-17/h3-6,8,13H,7H2,1-2H3. The van der Waals surface area contributed by atoms with Crippen LogP contribution in [0.1, 0.15) is 24.4 Å². The summed E-state index contributed by atoms with van der Waals surface area (Å²) >= 11 is 3.43. The Labute approximate surface area is 108 Å². The maximum absolute atomic E-state index is 4.04. The topological polar surface area (TPSA) is 55.6 Å². The highest BCUT2D eigenvalue weighted by atomic mass is 79.9. The molecule has 0 saturated carbocycles. The fourth-order valence-electron chi connectivity index (χ4n) is 1.67. The quantitative estimate of drug-likeness (QED) is 0.934. The third-order valence-corrected chi connectivity index (χ3v) is 3.14. The molecule has 0 bridgehead atoms. The molecule has 0 aliphatic heterocycles. The Balaban J connectivity index is 2.26. The van der Waals surface area contributed by atoms with Crippen molar-refractivity contribution >= 4 is 15.9 Å². The van der Waals surface area contributed by atoms with Gasteiger partial charge in [0.05, 0.1) is 12.6 Å². The highest BCUT2D eigenvalue weighted by Gasteiger charge is 2.13. The van der Waals surface area contributed by atoms with Crippen LogP contribution in [0.2, 0.25) is 0 Å². The van der Waals surface area contributed by atoms with Gasteiger partial charge in [0.25, 0.3) is 0 Å². The van der Waals surface area contributed by atoms with Gasteiger partial charge >= 0.3 is 0 Å². The van der Waals surface area contributed by atoms with Gasteiger partial charge < -0.3 is 5.32 Å². The van der Waals surface area contributed by atoms with Crippen LogP contribution in [-0.4, -0.2) is 27.3 Å². The molecule has 17 heavy (non-hydrogen) atoms. The SMILES string of the molecule is CNCc1nnnn1C(C)c1ccc(Br)cc1. The third-order valence-electron chi connectivity index (χ3n) is 2.62. The van der Waals surface area contributed by atoms with Crippen LogP contribution < -0.4 is 5.32 Å². The fourth-order valence-corrected chi connectivity index (χ4v) is 1.93. The van der Waals surface area contributed by atoms with Crippen LogP contribution in [0.15, 0.2) is 28.7 Å².